The molecule has 1 atom stereocenters. The zero-order chi connectivity index (χ0) is 21.1. The zero-order valence-corrected chi connectivity index (χ0v) is 18.4. The molecule has 1 fully saturated rings. The molecule has 4 rings (SSSR count). The standard InChI is InChI=1S/C22H25N3O3S2/c1-16(18-9-8-17-5-2-3-6-19(17)15-18)23-22(26)25-12-10-20(11-13-25)24-30(27,28)21-7-4-14-29-21/h2-9,14-16,20,24H,10-13H2,1H3,(H,23,26)/t16-/m0/s1. The van der Waals surface area contributed by atoms with Crippen molar-refractivity contribution in [2.45, 2.75) is 36.1 Å². The SMILES string of the molecule is C[C@H](NC(=O)N1CCC(NS(=O)(=O)c2cccs2)CC1)c1ccc2ccccc2c1. The fraction of sp³-hybridized carbons (Fsp3) is 0.318. The van der Waals surface area contributed by atoms with Crippen LogP contribution >= 0.6 is 11.3 Å². The van der Waals surface area contributed by atoms with Crippen LogP contribution in [0.1, 0.15) is 31.4 Å². The van der Waals surface area contributed by atoms with Crippen molar-refractivity contribution >= 4 is 38.2 Å². The monoisotopic (exact) mass is 443 g/mol. The highest BCUT2D eigenvalue weighted by Gasteiger charge is 2.27. The Bertz CT molecular complexity index is 1120. The number of rotatable bonds is 5. The van der Waals surface area contributed by atoms with E-state index in [0.29, 0.717) is 30.1 Å². The Morgan fingerprint density at radius 3 is 2.50 bits per heavy atom. The first-order valence-corrected chi connectivity index (χ1v) is 12.4. The van der Waals surface area contributed by atoms with Gasteiger partial charge in [0.1, 0.15) is 4.21 Å². The lowest BCUT2D eigenvalue weighted by molar-refractivity contribution is 0.177. The number of hydrogen-bond acceptors (Lipinski definition) is 4. The van der Waals surface area contributed by atoms with E-state index in [1.54, 1.807) is 22.4 Å². The van der Waals surface area contributed by atoms with E-state index in [1.165, 1.54) is 16.7 Å². The van der Waals surface area contributed by atoms with Gasteiger partial charge in [0.25, 0.3) is 0 Å². The maximum atomic E-state index is 12.7. The first kappa shape index (κ1) is 20.8. The molecule has 1 aliphatic heterocycles. The summed E-state index contributed by atoms with van der Waals surface area (Å²) < 4.78 is 27.8. The second-order valence-corrected chi connectivity index (χ2v) is 10.5. The lowest BCUT2D eigenvalue weighted by Gasteiger charge is -2.33. The van der Waals surface area contributed by atoms with Crippen molar-refractivity contribution in [2.75, 3.05) is 13.1 Å². The maximum Gasteiger partial charge on any atom is 0.317 e. The Kier molecular flexibility index (Phi) is 6.08. The number of amides is 2. The molecule has 6 nitrogen and oxygen atoms in total. The van der Waals surface area contributed by atoms with Crippen LogP contribution in [0.4, 0.5) is 4.79 Å². The predicted molar refractivity (Wildman–Crippen MR) is 120 cm³/mol. The van der Waals surface area contributed by atoms with Gasteiger partial charge in [0.15, 0.2) is 0 Å². The number of nitrogens with zero attached hydrogens (tertiary/aromatic N) is 1. The zero-order valence-electron chi connectivity index (χ0n) is 16.7. The highest BCUT2D eigenvalue weighted by Crippen LogP contribution is 2.22. The van der Waals surface area contributed by atoms with E-state index in [9.17, 15) is 13.2 Å². The quantitative estimate of drug-likeness (QED) is 0.623. The summed E-state index contributed by atoms with van der Waals surface area (Å²) in [6, 6.07) is 17.3. The Hall–Kier alpha value is -2.42. The molecule has 0 radical (unpaired) electrons. The van der Waals surface area contributed by atoms with Crippen LogP contribution in [0.3, 0.4) is 0 Å². The number of benzene rings is 2. The third-order valence-electron chi connectivity index (χ3n) is 5.48. The summed E-state index contributed by atoms with van der Waals surface area (Å²) in [5, 5.41) is 7.14. The molecule has 158 valence electrons. The summed E-state index contributed by atoms with van der Waals surface area (Å²) in [5.41, 5.74) is 1.06. The molecule has 2 N–H and O–H groups in total. The summed E-state index contributed by atoms with van der Waals surface area (Å²) >= 11 is 1.20. The minimum atomic E-state index is -3.48. The van der Waals surface area contributed by atoms with Gasteiger partial charge < -0.3 is 10.2 Å². The van der Waals surface area contributed by atoms with Crippen molar-refractivity contribution in [1.29, 1.82) is 0 Å². The number of likely N-dealkylation sites (tertiary alicyclic amines) is 1. The van der Waals surface area contributed by atoms with E-state index in [1.807, 2.05) is 25.1 Å². The Balaban J connectivity index is 1.31. The van der Waals surface area contributed by atoms with Crippen LogP contribution in [0.5, 0.6) is 0 Å². The molecule has 2 amide bonds. The third kappa shape index (κ3) is 4.66. The molecule has 0 bridgehead atoms. The lowest BCUT2D eigenvalue weighted by atomic mass is 10.0. The van der Waals surface area contributed by atoms with Crippen LogP contribution in [0.15, 0.2) is 64.2 Å². The van der Waals surface area contributed by atoms with Crippen molar-refractivity contribution in [3.8, 4) is 0 Å². The number of urea groups is 1. The van der Waals surface area contributed by atoms with E-state index in [0.717, 1.165) is 10.9 Å². The molecule has 0 aliphatic carbocycles. The van der Waals surface area contributed by atoms with Gasteiger partial charge in [0, 0.05) is 19.1 Å². The normalized spacial score (nSPS) is 16.5. The highest BCUT2D eigenvalue weighted by molar-refractivity contribution is 7.91. The molecule has 1 aliphatic rings. The average molecular weight is 444 g/mol. The number of piperidine rings is 1. The number of thiophene rings is 1. The molecule has 2 aromatic carbocycles. The van der Waals surface area contributed by atoms with Crippen molar-refractivity contribution in [3.63, 3.8) is 0 Å². The summed E-state index contributed by atoms with van der Waals surface area (Å²) in [6.45, 7) is 3.02. The second kappa shape index (κ2) is 8.75. The summed E-state index contributed by atoms with van der Waals surface area (Å²) in [4.78, 5) is 14.5. The molecule has 1 saturated heterocycles. The first-order valence-electron chi connectivity index (χ1n) is 10.0. The fourth-order valence-corrected chi connectivity index (χ4v) is 6.05. The minimum absolute atomic E-state index is 0.114. The van der Waals surface area contributed by atoms with E-state index in [4.69, 9.17) is 0 Å². The largest absolute Gasteiger partial charge is 0.331 e. The Labute approximate surface area is 181 Å². The average Bonchev–Trinajstić information content (AvgIpc) is 3.29. The number of carbonyl (C=O) groups is 1. The number of sulfonamides is 1. The number of carbonyl (C=O) groups excluding carboxylic acids is 1. The third-order valence-corrected chi connectivity index (χ3v) is 8.40. The van der Waals surface area contributed by atoms with Crippen molar-refractivity contribution in [3.05, 3.63) is 65.5 Å². The molecule has 1 aromatic heterocycles. The molecule has 30 heavy (non-hydrogen) atoms. The minimum Gasteiger partial charge on any atom is -0.331 e. The molecule has 0 saturated carbocycles. The maximum absolute atomic E-state index is 12.7. The van der Waals surface area contributed by atoms with Gasteiger partial charge >= 0.3 is 6.03 Å². The van der Waals surface area contributed by atoms with E-state index >= 15 is 0 Å². The highest BCUT2D eigenvalue weighted by atomic mass is 32.2. The van der Waals surface area contributed by atoms with E-state index in [2.05, 4.69) is 34.3 Å². The van der Waals surface area contributed by atoms with Gasteiger partial charge in [0.2, 0.25) is 10.0 Å². The number of nitrogens with one attached hydrogen (secondary N) is 2. The molecular weight excluding hydrogens is 418 g/mol. The molecule has 2 heterocycles. The molecule has 8 heteroatoms. The van der Waals surface area contributed by atoms with Gasteiger partial charge in [-0.25, -0.2) is 17.9 Å². The Morgan fingerprint density at radius 1 is 1.07 bits per heavy atom. The first-order chi connectivity index (χ1) is 14.4. The van der Waals surface area contributed by atoms with Crippen LogP contribution in [0.25, 0.3) is 10.8 Å². The van der Waals surface area contributed by atoms with Crippen molar-refractivity contribution < 1.29 is 13.2 Å². The van der Waals surface area contributed by atoms with E-state index in [-0.39, 0.29) is 18.1 Å². The summed E-state index contributed by atoms with van der Waals surface area (Å²) in [6.07, 6.45) is 1.20. The van der Waals surface area contributed by atoms with E-state index < -0.39 is 10.0 Å². The van der Waals surface area contributed by atoms with Crippen LogP contribution in [0.2, 0.25) is 0 Å². The lowest BCUT2D eigenvalue weighted by Crippen LogP contribution is -2.49. The van der Waals surface area contributed by atoms with Crippen LogP contribution in [-0.4, -0.2) is 38.5 Å². The van der Waals surface area contributed by atoms with Crippen LogP contribution < -0.4 is 10.0 Å². The Morgan fingerprint density at radius 2 is 1.80 bits per heavy atom. The van der Waals surface area contributed by atoms with Crippen molar-refractivity contribution in [1.82, 2.24) is 14.9 Å². The summed E-state index contributed by atoms with van der Waals surface area (Å²) in [7, 11) is -3.48. The number of fused-ring (bicyclic) bond motifs is 1. The molecule has 3 aromatic rings. The predicted octanol–water partition coefficient (Wildman–Crippen LogP) is 4.11. The van der Waals surface area contributed by atoms with Gasteiger partial charge in [0.05, 0.1) is 6.04 Å². The molecule has 0 unspecified atom stereocenters. The van der Waals surface area contributed by atoms with Crippen LogP contribution in [-0.2, 0) is 10.0 Å². The van der Waals surface area contributed by atoms with Crippen molar-refractivity contribution in [2.24, 2.45) is 0 Å². The topological polar surface area (TPSA) is 78.5 Å². The summed E-state index contributed by atoms with van der Waals surface area (Å²) in [5.74, 6) is 0. The van der Waals surface area contributed by atoms with Crippen LogP contribution in [0, 0.1) is 0 Å². The fourth-order valence-electron chi connectivity index (χ4n) is 3.73. The van der Waals surface area contributed by atoms with Gasteiger partial charge in [-0.3, -0.25) is 0 Å². The smallest absolute Gasteiger partial charge is 0.317 e. The second-order valence-electron chi connectivity index (χ2n) is 7.59. The molecular formula is C22H25N3O3S2. The van der Waals surface area contributed by atoms with Gasteiger partial charge in [-0.2, -0.15) is 0 Å². The van der Waals surface area contributed by atoms with Gasteiger partial charge in [-0.15, -0.1) is 11.3 Å². The molecule has 0 spiro atoms. The van der Waals surface area contributed by atoms with Gasteiger partial charge in [-0.05, 0) is 53.6 Å². The number of hydrogen-bond donors (Lipinski definition) is 2. The van der Waals surface area contributed by atoms with Gasteiger partial charge in [-0.1, -0.05) is 42.5 Å².